The van der Waals surface area contributed by atoms with Gasteiger partial charge in [0.25, 0.3) is 0 Å². The van der Waals surface area contributed by atoms with E-state index in [0.29, 0.717) is 13.1 Å². The highest BCUT2D eigenvalue weighted by Crippen LogP contribution is 2.33. The summed E-state index contributed by atoms with van der Waals surface area (Å²) in [5.74, 6) is 0.576. The molecule has 0 saturated carbocycles. The topological polar surface area (TPSA) is 72.8 Å². The first-order valence-corrected chi connectivity index (χ1v) is 8.04. The van der Waals surface area contributed by atoms with Gasteiger partial charge in [-0.3, -0.25) is 4.79 Å². The lowest BCUT2D eigenvalue weighted by atomic mass is 9.99. The summed E-state index contributed by atoms with van der Waals surface area (Å²) in [6, 6.07) is 11.4. The van der Waals surface area contributed by atoms with Crippen molar-refractivity contribution in [3.63, 3.8) is 0 Å². The van der Waals surface area contributed by atoms with Gasteiger partial charge in [-0.25, -0.2) is 4.79 Å². The molecule has 0 fully saturated rings. The number of amides is 2. The number of nitrogens with one attached hydrogen (secondary N) is 1. The van der Waals surface area contributed by atoms with Gasteiger partial charge in [-0.05, 0) is 29.8 Å². The number of hydrogen-bond donors (Lipinski definition) is 1. The van der Waals surface area contributed by atoms with E-state index >= 15 is 0 Å². The second-order valence-corrected chi connectivity index (χ2v) is 5.74. The second kappa shape index (κ2) is 7.29. The van der Waals surface area contributed by atoms with Gasteiger partial charge in [-0.1, -0.05) is 12.1 Å². The minimum Gasteiger partial charge on any atom is -0.497 e. The predicted molar refractivity (Wildman–Crippen MR) is 91.4 cm³/mol. The minimum absolute atomic E-state index is 0.103. The van der Waals surface area contributed by atoms with Crippen LogP contribution in [0.2, 0.25) is 0 Å². The third-order valence-electron chi connectivity index (χ3n) is 4.34. The Morgan fingerprint density at radius 1 is 1.20 bits per heavy atom. The van der Waals surface area contributed by atoms with Crippen molar-refractivity contribution in [1.82, 2.24) is 14.8 Å². The molecule has 0 aliphatic carbocycles. The smallest absolute Gasteiger partial charge is 0.407 e. The van der Waals surface area contributed by atoms with Crippen molar-refractivity contribution < 1.29 is 19.1 Å². The summed E-state index contributed by atoms with van der Waals surface area (Å²) in [7, 11) is 2.89. The quantitative estimate of drug-likeness (QED) is 0.918. The molecule has 1 aromatic heterocycles. The summed E-state index contributed by atoms with van der Waals surface area (Å²) in [5.41, 5.74) is 2.00. The Bertz CT molecular complexity index is 771. The third kappa shape index (κ3) is 3.45. The van der Waals surface area contributed by atoms with Gasteiger partial charge in [-0.15, -0.1) is 0 Å². The normalized spacial score (nSPS) is 16.1. The van der Waals surface area contributed by atoms with E-state index in [1.807, 2.05) is 42.6 Å². The molecule has 1 aliphatic rings. The summed E-state index contributed by atoms with van der Waals surface area (Å²) >= 11 is 0. The highest BCUT2D eigenvalue weighted by atomic mass is 16.5. The van der Waals surface area contributed by atoms with E-state index in [0.717, 1.165) is 17.0 Å². The van der Waals surface area contributed by atoms with Gasteiger partial charge in [-0.2, -0.15) is 0 Å². The van der Waals surface area contributed by atoms with Crippen LogP contribution in [0.5, 0.6) is 5.75 Å². The maximum atomic E-state index is 12.7. The standard InChI is InChI=1S/C18H21N3O4/c1-24-14-6-3-5-13(11-14)17-15-7-4-8-20(15)9-10-21(17)16(22)12-19-18(23)25-2/h3-8,11,17H,9-10,12H2,1-2H3,(H,19,23). The second-order valence-electron chi connectivity index (χ2n) is 5.74. The summed E-state index contributed by atoms with van der Waals surface area (Å²) in [4.78, 5) is 25.7. The van der Waals surface area contributed by atoms with Crippen LogP contribution in [0.3, 0.4) is 0 Å². The predicted octanol–water partition coefficient (Wildman–Crippen LogP) is 1.78. The van der Waals surface area contributed by atoms with Crippen molar-refractivity contribution in [2.75, 3.05) is 27.3 Å². The van der Waals surface area contributed by atoms with E-state index < -0.39 is 6.09 Å². The van der Waals surface area contributed by atoms with E-state index in [1.54, 1.807) is 12.0 Å². The zero-order valence-corrected chi connectivity index (χ0v) is 14.3. The number of fused-ring (bicyclic) bond motifs is 1. The number of ether oxygens (including phenoxy) is 2. The molecule has 3 rings (SSSR count). The first-order chi connectivity index (χ1) is 12.1. The van der Waals surface area contributed by atoms with Gasteiger partial charge in [0.2, 0.25) is 5.91 Å². The van der Waals surface area contributed by atoms with Gasteiger partial charge in [0.1, 0.15) is 12.3 Å². The van der Waals surface area contributed by atoms with Gasteiger partial charge >= 0.3 is 6.09 Å². The van der Waals surface area contributed by atoms with Crippen LogP contribution >= 0.6 is 0 Å². The molecular weight excluding hydrogens is 322 g/mol. The molecule has 7 nitrogen and oxygen atoms in total. The summed E-state index contributed by atoms with van der Waals surface area (Å²) in [6.07, 6.45) is 1.39. The summed E-state index contributed by atoms with van der Waals surface area (Å²) < 4.78 is 12.0. The van der Waals surface area contributed by atoms with E-state index in [-0.39, 0.29) is 18.5 Å². The van der Waals surface area contributed by atoms with Crippen molar-refractivity contribution in [3.8, 4) is 5.75 Å². The van der Waals surface area contributed by atoms with Crippen LogP contribution in [0, 0.1) is 0 Å². The number of aromatic nitrogens is 1. The zero-order valence-electron chi connectivity index (χ0n) is 14.3. The van der Waals surface area contributed by atoms with Crippen molar-refractivity contribution in [2.24, 2.45) is 0 Å². The Hall–Kier alpha value is -2.96. The first-order valence-electron chi connectivity index (χ1n) is 8.04. The molecule has 1 aromatic carbocycles. The Morgan fingerprint density at radius 2 is 2.04 bits per heavy atom. The molecule has 0 spiro atoms. The number of methoxy groups -OCH3 is 2. The molecule has 25 heavy (non-hydrogen) atoms. The highest BCUT2D eigenvalue weighted by molar-refractivity contribution is 5.83. The minimum atomic E-state index is -0.619. The first kappa shape index (κ1) is 16.9. The fourth-order valence-corrected chi connectivity index (χ4v) is 3.14. The third-order valence-corrected chi connectivity index (χ3v) is 4.34. The zero-order chi connectivity index (χ0) is 17.8. The van der Waals surface area contributed by atoms with Crippen LogP contribution in [0.15, 0.2) is 42.6 Å². The monoisotopic (exact) mass is 343 g/mol. The summed E-state index contributed by atoms with van der Waals surface area (Å²) in [5, 5.41) is 2.46. The Labute approximate surface area is 146 Å². The molecule has 7 heteroatoms. The lowest BCUT2D eigenvalue weighted by molar-refractivity contribution is -0.132. The number of carbonyl (C=O) groups is 2. The van der Waals surface area contributed by atoms with Gasteiger partial charge in [0.15, 0.2) is 0 Å². The molecule has 0 saturated heterocycles. The molecule has 1 N–H and O–H groups in total. The number of benzene rings is 1. The number of alkyl carbamates (subject to hydrolysis) is 1. The Balaban J connectivity index is 1.91. The van der Waals surface area contributed by atoms with Gasteiger partial charge < -0.3 is 24.3 Å². The van der Waals surface area contributed by atoms with Crippen molar-refractivity contribution in [3.05, 3.63) is 53.9 Å². The highest BCUT2D eigenvalue weighted by Gasteiger charge is 2.32. The SMILES string of the molecule is COC(=O)NCC(=O)N1CCn2cccc2C1c1cccc(OC)c1. The van der Waals surface area contributed by atoms with Crippen LogP contribution in [0.1, 0.15) is 17.3 Å². The number of carbonyl (C=O) groups excluding carboxylic acids is 2. The van der Waals surface area contributed by atoms with Crippen LogP contribution in [-0.2, 0) is 16.1 Å². The molecule has 2 heterocycles. The van der Waals surface area contributed by atoms with E-state index in [1.165, 1.54) is 7.11 Å². The van der Waals surface area contributed by atoms with Crippen LogP contribution < -0.4 is 10.1 Å². The van der Waals surface area contributed by atoms with Crippen LogP contribution in [0.25, 0.3) is 0 Å². The fraction of sp³-hybridized carbons (Fsp3) is 0.333. The molecule has 1 atom stereocenters. The van der Waals surface area contributed by atoms with E-state index in [9.17, 15) is 9.59 Å². The van der Waals surface area contributed by atoms with Gasteiger partial charge in [0, 0.05) is 25.0 Å². The Morgan fingerprint density at radius 3 is 2.80 bits per heavy atom. The van der Waals surface area contributed by atoms with Crippen molar-refractivity contribution in [2.45, 2.75) is 12.6 Å². The average Bonchev–Trinajstić information content (AvgIpc) is 3.13. The molecular formula is C18H21N3O4. The van der Waals surface area contributed by atoms with Crippen molar-refractivity contribution in [1.29, 1.82) is 0 Å². The average molecular weight is 343 g/mol. The van der Waals surface area contributed by atoms with Gasteiger partial charge in [0.05, 0.1) is 20.3 Å². The van der Waals surface area contributed by atoms with Crippen LogP contribution in [-0.4, -0.2) is 48.8 Å². The molecule has 2 aromatic rings. The lowest BCUT2D eigenvalue weighted by Crippen LogP contribution is -2.46. The molecule has 132 valence electrons. The molecule has 1 unspecified atom stereocenters. The molecule has 0 radical (unpaired) electrons. The summed E-state index contributed by atoms with van der Waals surface area (Å²) in [6.45, 7) is 1.17. The molecule has 2 amide bonds. The van der Waals surface area contributed by atoms with Crippen molar-refractivity contribution >= 4 is 12.0 Å². The van der Waals surface area contributed by atoms with E-state index in [4.69, 9.17) is 4.74 Å². The maximum Gasteiger partial charge on any atom is 0.407 e. The fourth-order valence-electron chi connectivity index (χ4n) is 3.14. The van der Waals surface area contributed by atoms with E-state index in [2.05, 4.69) is 14.6 Å². The number of hydrogen-bond acceptors (Lipinski definition) is 4. The maximum absolute atomic E-state index is 12.7. The Kier molecular flexibility index (Phi) is 4.92. The molecule has 1 aliphatic heterocycles. The number of nitrogens with zero attached hydrogens (tertiary/aromatic N) is 2. The lowest BCUT2D eigenvalue weighted by Gasteiger charge is -2.37. The van der Waals surface area contributed by atoms with Crippen LogP contribution in [0.4, 0.5) is 4.79 Å². The largest absolute Gasteiger partial charge is 0.497 e. The molecule has 0 bridgehead atoms. The number of rotatable bonds is 4.